The Hall–Kier alpha value is -1.81. The minimum absolute atomic E-state index is 0.346. The quantitative estimate of drug-likeness (QED) is 0.849. The Morgan fingerprint density at radius 1 is 1.19 bits per heavy atom. The molecule has 0 aliphatic rings. The average Bonchev–Trinajstić information content (AvgIpc) is 2.37. The zero-order chi connectivity index (χ0) is 15.2. The third-order valence-electron chi connectivity index (χ3n) is 2.88. The van der Waals surface area contributed by atoms with E-state index in [1.165, 1.54) is 5.56 Å². The summed E-state index contributed by atoms with van der Waals surface area (Å²) in [6, 6.07) is 10.2. The van der Waals surface area contributed by atoms with Crippen LogP contribution in [0.5, 0.6) is 0 Å². The fourth-order valence-corrected chi connectivity index (χ4v) is 2.24. The lowest BCUT2D eigenvalue weighted by Crippen LogP contribution is -2.14. The van der Waals surface area contributed by atoms with Crippen molar-refractivity contribution in [2.45, 2.75) is 33.2 Å². The molecule has 5 heteroatoms. The van der Waals surface area contributed by atoms with Gasteiger partial charge in [-0.05, 0) is 44.9 Å². The maximum atomic E-state index is 5.98. The summed E-state index contributed by atoms with van der Waals surface area (Å²) in [7, 11) is 0. The van der Waals surface area contributed by atoms with Crippen molar-refractivity contribution in [3.8, 4) is 0 Å². The van der Waals surface area contributed by atoms with Crippen molar-refractivity contribution in [3.63, 3.8) is 0 Å². The van der Waals surface area contributed by atoms with Gasteiger partial charge in [-0.3, -0.25) is 0 Å². The molecule has 0 unspecified atom stereocenters. The van der Waals surface area contributed by atoms with Crippen LogP contribution in [0.1, 0.15) is 25.1 Å². The van der Waals surface area contributed by atoms with Gasteiger partial charge < -0.3 is 10.6 Å². The van der Waals surface area contributed by atoms with Gasteiger partial charge in [0.1, 0.15) is 5.82 Å². The predicted octanol–water partition coefficient (Wildman–Crippen LogP) is 3.91. The summed E-state index contributed by atoms with van der Waals surface area (Å²) in [5.74, 6) is 1.50. The van der Waals surface area contributed by atoms with Gasteiger partial charge in [0.25, 0.3) is 0 Å². The van der Waals surface area contributed by atoms with E-state index < -0.39 is 0 Å². The van der Waals surface area contributed by atoms with Gasteiger partial charge in [0.15, 0.2) is 0 Å². The van der Waals surface area contributed by atoms with Crippen molar-refractivity contribution in [2.75, 3.05) is 17.2 Å². The van der Waals surface area contributed by atoms with Crippen LogP contribution < -0.4 is 10.6 Å². The molecule has 0 amide bonds. The molecule has 0 radical (unpaired) electrons. The second kappa shape index (κ2) is 7.27. The molecule has 2 rings (SSSR count). The SMILES string of the molecule is Cc1cc(NC(C)C)nc(NCCc2cccc(Cl)c2)n1. The highest BCUT2D eigenvalue weighted by atomic mass is 35.5. The minimum Gasteiger partial charge on any atom is -0.368 e. The first-order valence-electron chi connectivity index (χ1n) is 7.13. The summed E-state index contributed by atoms with van der Waals surface area (Å²) in [5, 5.41) is 7.32. The normalized spacial score (nSPS) is 10.7. The van der Waals surface area contributed by atoms with Crippen molar-refractivity contribution >= 4 is 23.4 Å². The molecule has 0 fully saturated rings. The topological polar surface area (TPSA) is 49.8 Å². The lowest BCUT2D eigenvalue weighted by atomic mass is 10.1. The Morgan fingerprint density at radius 2 is 2.00 bits per heavy atom. The molecule has 0 bridgehead atoms. The van der Waals surface area contributed by atoms with Crippen molar-refractivity contribution in [3.05, 3.63) is 46.6 Å². The summed E-state index contributed by atoms with van der Waals surface area (Å²) < 4.78 is 0. The van der Waals surface area contributed by atoms with Gasteiger partial charge in [-0.25, -0.2) is 4.98 Å². The van der Waals surface area contributed by atoms with Gasteiger partial charge in [-0.15, -0.1) is 0 Å². The van der Waals surface area contributed by atoms with E-state index in [1.54, 1.807) is 0 Å². The Kier molecular flexibility index (Phi) is 5.39. The molecule has 0 atom stereocenters. The lowest BCUT2D eigenvalue weighted by molar-refractivity contribution is 0.882. The van der Waals surface area contributed by atoms with E-state index in [0.717, 1.165) is 29.5 Å². The van der Waals surface area contributed by atoms with E-state index in [0.29, 0.717) is 12.0 Å². The molecule has 21 heavy (non-hydrogen) atoms. The molecule has 0 saturated carbocycles. The molecule has 1 heterocycles. The first-order valence-corrected chi connectivity index (χ1v) is 7.51. The van der Waals surface area contributed by atoms with Crippen molar-refractivity contribution in [1.82, 2.24) is 9.97 Å². The second-order valence-electron chi connectivity index (χ2n) is 5.32. The Balaban J connectivity index is 1.95. The molecular weight excluding hydrogens is 284 g/mol. The second-order valence-corrected chi connectivity index (χ2v) is 5.76. The highest BCUT2D eigenvalue weighted by Crippen LogP contribution is 2.13. The summed E-state index contributed by atoms with van der Waals surface area (Å²) >= 11 is 5.98. The van der Waals surface area contributed by atoms with Crippen LogP contribution in [0.15, 0.2) is 30.3 Å². The number of rotatable bonds is 6. The van der Waals surface area contributed by atoms with Gasteiger partial charge >= 0.3 is 0 Å². The number of nitrogens with one attached hydrogen (secondary N) is 2. The summed E-state index contributed by atoms with van der Waals surface area (Å²) in [6.45, 7) is 6.91. The largest absolute Gasteiger partial charge is 0.368 e. The average molecular weight is 305 g/mol. The molecule has 1 aromatic heterocycles. The standard InChI is InChI=1S/C16H21ClN4/c1-11(2)19-15-9-12(3)20-16(21-15)18-8-7-13-5-4-6-14(17)10-13/h4-6,9-11H,7-8H2,1-3H3,(H2,18,19,20,21). The van der Waals surface area contributed by atoms with E-state index in [9.17, 15) is 0 Å². The van der Waals surface area contributed by atoms with Crippen LogP contribution in [0.3, 0.4) is 0 Å². The zero-order valence-electron chi connectivity index (χ0n) is 12.7. The van der Waals surface area contributed by atoms with E-state index in [-0.39, 0.29) is 0 Å². The Labute approximate surface area is 131 Å². The van der Waals surface area contributed by atoms with Crippen LogP contribution in [0.2, 0.25) is 5.02 Å². The molecule has 0 saturated heterocycles. The Bertz CT molecular complexity index is 599. The fraction of sp³-hybridized carbons (Fsp3) is 0.375. The number of benzene rings is 1. The van der Waals surface area contributed by atoms with Crippen molar-refractivity contribution in [1.29, 1.82) is 0 Å². The molecule has 2 aromatic rings. The zero-order valence-corrected chi connectivity index (χ0v) is 13.4. The van der Waals surface area contributed by atoms with E-state index in [1.807, 2.05) is 31.2 Å². The molecule has 0 spiro atoms. The van der Waals surface area contributed by atoms with Crippen LogP contribution >= 0.6 is 11.6 Å². The summed E-state index contributed by atoms with van der Waals surface area (Å²) in [6.07, 6.45) is 0.880. The maximum absolute atomic E-state index is 5.98. The number of aromatic nitrogens is 2. The van der Waals surface area contributed by atoms with Gasteiger partial charge in [0.05, 0.1) is 0 Å². The molecule has 1 aromatic carbocycles. The van der Waals surface area contributed by atoms with Crippen molar-refractivity contribution < 1.29 is 0 Å². The molecule has 112 valence electrons. The van der Waals surface area contributed by atoms with E-state index in [2.05, 4.69) is 40.5 Å². The minimum atomic E-state index is 0.346. The number of halogens is 1. The molecule has 4 nitrogen and oxygen atoms in total. The summed E-state index contributed by atoms with van der Waals surface area (Å²) in [5.41, 5.74) is 2.14. The highest BCUT2D eigenvalue weighted by molar-refractivity contribution is 6.30. The van der Waals surface area contributed by atoms with Gasteiger partial charge in [-0.1, -0.05) is 23.7 Å². The van der Waals surface area contributed by atoms with Crippen LogP contribution in [-0.4, -0.2) is 22.6 Å². The van der Waals surface area contributed by atoms with Crippen molar-refractivity contribution in [2.24, 2.45) is 0 Å². The third kappa shape index (κ3) is 5.23. The molecular formula is C16H21ClN4. The number of anilines is 2. The highest BCUT2D eigenvalue weighted by Gasteiger charge is 2.03. The van der Waals surface area contributed by atoms with Crippen LogP contribution in [0.4, 0.5) is 11.8 Å². The summed E-state index contributed by atoms with van der Waals surface area (Å²) in [4.78, 5) is 8.86. The monoisotopic (exact) mass is 304 g/mol. The predicted molar refractivity (Wildman–Crippen MR) is 89.2 cm³/mol. The fourth-order valence-electron chi connectivity index (χ4n) is 2.03. The molecule has 0 aliphatic carbocycles. The van der Waals surface area contributed by atoms with Gasteiger partial charge in [0.2, 0.25) is 5.95 Å². The lowest BCUT2D eigenvalue weighted by Gasteiger charge is -2.12. The smallest absolute Gasteiger partial charge is 0.224 e. The number of aryl methyl sites for hydroxylation is 1. The van der Waals surface area contributed by atoms with Crippen LogP contribution in [0.25, 0.3) is 0 Å². The molecule has 2 N–H and O–H groups in total. The van der Waals surface area contributed by atoms with Crippen LogP contribution in [0, 0.1) is 6.92 Å². The first kappa shape index (κ1) is 15.6. The van der Waals surface area contributed by atoms with Gasteiger partial charge in [0, 0.05) is 29.4 Å². The van der Waals surface area contributed by atoms with Crippen LogP contribution in [-0.2, 0) is 6.42 Å². The first-order chi connectivity index (χ1) is 10.0. The number of hydrogen-bond acceptors (Lipinski definition) is 4. The number of hydrogen-bond donors (Lipinski definition) is 2. The van der Waals surface area contributed by atoms with Gasteiger partial charge in [-0.2, -0.15) is 4.98 Å². The number of nitrogens with zero attached hydrogens (tertiary/aromatic N) is 2. The maximum Gasteiger partial charge on any atom is 0.224 e. The molecule has 0 aliphatic heterocycles. The van der Waals surface area contributed by atoms with E-state index >= 15 is 0 Å². The van der Waals surface area contributed by atoms with E-state index in [4.69, 9.17) is 11.6 Å². The third-order valence-corrected chi connectivity index (χ3v) is 3.11. The Morgan fingerprint density at radius 3 is 2.71 bits per heavy atom.